The van der Waals surface area contributed by atoms with Crippen LogP contribution in [0.2, 0.25) is 0 Å². The summed E-state index contributed by atoms with van der Waals surface area (Å²) in [7, 11) is -5.67. The van der Waals surface area contributed by atoms with Crippen LogP contribution in [0.25, 0.3) is 0 Å². The van der Waals surface area contributed by atoms with Crippen molar-refractivity contribution >= 4 is 34.6 Å². The molecule has 1 aliphatic rings. The fraction of sp³-hybridized carbons (Fsp3) is 0.462. The molecule has 1 heterocycles. The van der Waals surface area contributed by atoms with Crippen LogP contribution in [0.15, 0.2) is 53.4 Å². The second kappa shape index (κ2) is 11.8. The van der Waals surface area contributed by atoms with Crippen molar-refractivity contribution < 1.29 is 28.1 Å². The Balaban J connectivity index is 1.93. The number of rotatable bonds is 10. The Morgan fingerprint density at radius 2 is 1.86 bits per heavy atom. The van der Waals surface area contributed by atoms with Gasteiger partial charge in [0.25, 0.3) is 0 Å². The van der Waals surface area contributed by atoms with Crippen molar-refractivity contribution in [3.63, 3.8) is 0 Å². The standard InChI is InChI=1S/C26H36BN3O6S/c1-5-23(27(33)34)28-24(31)17-20-11-6-7-13-22(20)30-15-9-14-26(18(2)3,25(30)32)29-37(35,36)21-12-8-10-19(4)16-21/h6-8,10-13,16,18,23,29,33-34H,5,9,14-15,17H2,1-4H3,(H,28,31)/t23-,26?/m0/s1. The van der Waals surface area contributed by atoms with Crippen LogP contribution in [0.5, 0.6) is 0 Å². The summed E-state index contributed by atoms with van der Waals surface area (Å²) in [6.45, 7) is 7.57. The molecule has 2 amide bonds. The van der Waals surface area contributed by atoms with Gasteiger partial charge in [0.05, 0.1) is 17.3 Å². The zero-order valence-corrected chi connectivity index (χ0v) is 22.6. The van der Waals surface area contributed by atoms with E-state index >= 15 is 0 Å². The van der Waals surface area contributed by atoms with Crippen LogP contribution in [-0.2, 0) is 26.0 Å². The molecule has 37 heavy (non-hydrogen) atoms. The molecule has 11 heteroatoms. The number of aryl methyl sites for hydroxylation is 1. The van der Waals surface area contributed by atoms with Gasteiger partial charge < -0.3 is 20.3 Å². The second-order valence-electron chi connectivity index (χ2n) is 9.91. The fourth-order valence-electron chi connectivity index (χ4n) is 4.77. The van der Waals surface area contributed by atoms with Crippen molar-refractivity contribution in [1.82, 2.24) is 10.0 Å². The average molecular weight is 529 g/mol. The van der Waals surface area contributed by atoms with Crippen LogP contribution < -0.4 is 14.9 Å². The van der Waals surface area contributed by atoms with Gasteiger partial charge >= 0.3 is 7.12 Å². The Bertz CT molecular complexity index is 1240. The molecule has 3 rings (SSSR count). The van der Waals surface area contributed by atoms with Crippen LogP contribution in [0.3, 0.4) is 0 Å². The molecular weight excluding hydrogens is 493 g/mol. The lowest BCUT2D eigenvalue weighted by molar-refractivity contribution is -0.127. The summed E-state index contributed by atoms with van der Waals surface area (Å²) < 4.78 is 29.5. The zero-order valence-electron chi connectivity index (χ0n) is 21.8. The van der Waals surface area contributed by atoms with Crippen molar-refractivity contribution in [2.75, 3.05) is 11.4 Å². The summed E-state index contributed by atoms with van der Waals surface area (Å²) >= 11 is 0. The van der Waals surface area contributed by atoms with Gasteiger partial charge in [0, 0.05) is 12.2 Å². The quantitative estimate of drug-likeness (QED) is 0.348. The fourth-order valence-corrected chi connectivity index (χ4v) is 6.39. The lowest BCUT2D eigenvalue weighted by atomic mass is 9.78. The summed E-state index contributed by atoms with van der Waals surface area (Å²) in [5, 5.41) is 21.5. The first kappa shape index (κ1) is 28.8. The molecule has 0 bridgehead atoms. The topological polar surface area (TPSA) is 136 Å². The normalized spacial score (nSPS) is 19.1. The first-order valence-corrected chi connectivity index (χ1v) is 14.1. The molecule has 0 radical (unpaired) electrons. The molecule has 2 aromatic carbocycles. The predicted octanol–water partition coefficient (Wildman–Crippen LogP) is 1.94. The van der Waals surface area contributed by atoms with Gasteiger partial charge in [-0.15, -0.1) is 0 Å². The number of anilines is 1. The largest absolute Gasteiger partial charge is 0.475 e. The maximum Gasteiger partial charge on any atom is 0.475 e. The maximum absolute atomic E-state index is 14.0. The third-order valence-corrected chi connectivity index (χ3v) is 8.47. The first-order valence-electron chi connectivity index (χ1n) is 12.6. The number of amides is 2. The van der Waals surface area contributed by atoms with E-state index in [0.717, 1.165) is 5.56 Å². The molecule has 2 aromatic rings. The molecule has 0 saturated carbocycles. The number of hydrogen-bond acceptors (Lipinski definition) is 6. The van der Waals surface area contributed by atoms with Crippen molar-refractivity contribution in [3.8, 4) is 0 Å². The highest BCUT2D eigenvalue weighted by Gasteiger charge is 2.49. The van der Waals surface area contributed by atoms with E-state index < -0.39 is 34.5 Å². The summed E-state index contributed by atoms with van der Waals surface area (Å²) in [6, 6.07) is 13.6. The Labute approximate surface area is 219 Å². The van der Waals surface area contributed by atoms with Gasteiger partial charge in [-0.05, 0) is 61.4 Å². The van der Waals surface area contributed by atoms with E-state index in [0.29, 0.717) is 37.1 Å². The number of nitrogens with zero attached hydrogens (tertiary/aromatic N) is 1. The summed E-state index contributed by atoms with van der Waals surface area (Å²) in [5.74, 6) is -1.92. The molecule has 1 aliphatic heterocycles. The summed E-state index contributed by atoms with van der Waals surface area (Å²) in [4.78, 5) is 28.4. The molecule has 1 fully saturated rings. The predicted molar refractivity (Wildman–Crippen MR) is 143 cm³/mol. The number of benzene rings is 2. The minimum absolute atomic E-state index is 0.0765. The molecule has 1 unspecified atom stereocenters. The third-order valence-electron chi connectivity index (χ3n) is 6.96. The molecular formula is C26H36BN3O6S. The van der Waals surface area contributed by atoms with Crippen LogP contribution in [0, 0.1) is 12.8 Å². The molecule has 9 nitrogen and oxygen atoms in total. The van der Waals surface area contributed by atoms with Gasteiger partial charge in [0.1, 0.15) is 5.54 Å². The van der Waals surface area contributed by atoms with Crippen molar-refractivity contribution in [2.45, 2.75) is 69.8 Å². The Kier molecular flexibility index (Phi) is 9.17. The second-order valence-corrected chi connectivity index (χ2v) is 11.6. The Hall–Kier alpha value is -2.73. The van der Waals surface area contributed by atoms with E-state index in [-0.39, 0.29) is 23.1 Å². The number of carbonyl (C=O) groups is 2. The van der Waals surface area contributed by atoms with Gasteiger partial charge in [0.15, 0.2) is 0 Å². The van der Waals surface area contributed by atoms with Crippen LogP contribution in [0.1, 0.15) is 51.2 Å². The van der Waals surface area contributed by atoms with E-state index in [9.17, 15) is 28.1 Å². The van der Waals surface area contributed by atoms with Gasteiger partial charge in [-0.1, -0.05) is 51.1 Å². The molecule has 0 aromatic heterocycles. The monoisotopic (exact) mass is 529 g/mol. The van der Waals surface area contributed by atoms with E-state index in [1.807, 2.05) is 26.8 Å². The lowest BCUT2D eigenvalue weighted by Crippen LogP contribution is -2.65. The number of sulfonamides is 1. The molecule has 0 aliphatic carbocycles. The van der Waals surface area contributed by atoms with E-state index in [1.165, 1.54) is 6.07 Å². The third kappa shape index (κ3) is 6.41. The number of piperidine rings is 1. The van der Waals surface area contributed by atoms with Gasteiger partial charge in [-0.3, -0.25) is 9.59 Å². The highest BCUT2D eigenvalue weighted by molar-refractivity contribution is 7.89. The highest BCUT2D eigenvalue weighted by atomic mass is 32.2. The average Bonchev–Trinajstić information content (AvgIpc) is 2.84. The zero-order chi connectivity index (χ0) is 27.4. The van der Waals surface area contributed by atoms with Crippen LogP contribution in [0.4, 0.5) is 5.69 Å². The number of nitrogens with one attached hydrogen (secondary N) is 2. The van der Waals surface area contributed by atoms with Crippen molar-refractivity contribution in [1.29, 1.82) is 0 Å². The SMILES string of the molecule is CC[C@H](NC(=O)Cc1ccccc1N1CCCC(NS(=O)(=O)c2cccc(C)c2)(C(C)C)C1=O)B(O)O. The smallest absolute Gasteiger partial charge is 0.426 e. The molecule has 1 saturated heterocycles. The lowest BCUT2D eigenvalue weighted by Gasteiger charge is -2.44. The molecule has 4 N–H and O–H groups in total. The van der Waals surface area contributed by atoms with Gasteiger partial charge in [0.2, 0.25) is 21.8 Å². The van der Waals surface area contributed by atoms with Crippen molar-refractivity contribution in [2.24, 2.45) is 5.92 Å². The minimum Gasteiger partial charge on any atom is -0.426 e. The summed E-state index contributed by atoms with van der Waals surface area (Å²) in [5.41, 5.74) is 0.547. The van der Waals surface area contributed by atoms with E-state index in [4.69, 9.17) is 0 Å². The van der Waals surface area contributed by atoms with Crippen LogP contribution >= 0.6 is 0 Å². The van der Waals surface area contributed by atoms with Gasteiger partial charge in [-0.2, -0.15) is 4.72 Å². The highest BCUT2D eigenvalue weighted by Crippen LogP contribution is 2.35. The first-order chi connectivity index (χ1) is 17.4. The molecule has 200 valence electrons. The van der Waals surface area contributed by atoms with E-state index in [2.05, 4.69) is 10.0 Å². The Morgan fingerprint density at radius 3 is 2.49 bits per heavy atom. The minimum atomic E-state index is -3.99. The van der Waals surface area contributed by atoms with Crippen molar-refractivity contribution in [3.05, 3.63) is 59.7 Å². The van der Waals surface area contributed by atoms with E-state index in [1.54, 1.807) is 48.2 Å². The number of para-hydroxylation sites is 1. The Morgan fingerprint density at radius 1 is 1.16 bits per heavy atom. The van der Waals surface area contributed by atoms with Gasteiger partial charge in [-0.25, -0.2) is 8.42 Å². The summed E-state index contributed by atoms with van der Waals surface area (Å²) in [6.07, 6.45) is 1.18. The molecule has 0 spiro atoms. The molecule has 2 atom stereocenters. The number of hydrogen-bond donors (Lipinski definition) is 4. The number of carbonyl (C=O) groups excluding carboxylic acids is 2. The maximum atomic E-state index is 14.0. The van der Waals surface area contributed by atoms with Crippen LogP contribution in [-0.4, -0.2) is 55.4 Å².